The Morgan fingerprint density at radius 2 is 1.95 bits per heavy atom. The second-order valence-electron chi connectivity index (χ2n) is 4.87. The van der Waals surface area contributed by atoms with E-state index >= 15 is 0 Å². The molecule has 1 aromatic heterocycles. The summed E-state index contributed by atoms with van der Waals surface area (Å²) >= 11 is 0. The molecule has 20 heavy (non-hydrogen) atoms. The van der Waals surface area contributed by atoms with E-state index in [2.05, 4.69) is 10.5 Å². The fourth-order valence-electron chi connectivity index (χ4n) is 2.13. The maximum absolute atomic E-state index is 10.9. The fourth-order valence-corrected chi connectivity index (χ4v) is 2.13. The van der Waals surface area contributed by atoms with E-state index in [4.69, 9.17) is 4.52 Å². The molecule has 6 heteroatoms. The van der Waals surface area contributed by atoms with Crippen LogP contribution in [0.25, 0.3) is 0 Å². The van der Waals surface area contributed by atoms with Gasteiger partial charge in [0.25, 0.3) is 5.69 Å². The molecule has 0 aliphatic heterocycles. The van der Waals surface area contributed by atoms with Crippen LogP contribution in [0.3, 0.4) is 0 Å². The third-order valence-electron chi connectivity index (χ3n) is 3.38. The minimum atomic E-state index is -0.361. The number of rotatable bonds is 4. The van der Waals surface area contributed by atoms with Gasteiger partial charge in [-0.25, -0.2) is 0 Å². The Morgan fingerprint density at radius 1 is 1.25 bits per heavy atom. The summed E-state index contributed by atoms with van der Waals surface area (Å²) in [7, 11) is 0. The zero-order valence-corrected chi connectivity index (χ0v) is 12.0. The summed E-state index contributed by atoms with van der Waals surface area (Å²) in [6.45, 7) is 7.92. The van der Waals surface area contributed by atoms with E-state index in [1.807, 2.05) is 20.8 Å². The second kappa shape index (κ2) is 5.32. The third kappa shape index (κ3) is 2.64. The highest BCUT2D eigenvalue weighted by molar-refractivity contribution is 5.59. The van der Waals surface area contributed by atoms with Crippen LogP contribution in [0.4, 0.5) is 11.4 Å². The van der Waals surface area contributed by atoms with Crippen LogP contribution in [-0.4, -0.2) is 10.1 Å². The monoisotopic (exact) mass is 275 g/mol. The first-order valence-corrected chi connectivity index (χ1v) is 6.31. The molecule has 2 rings (SSSR count). The van der Waals surface area contributed by atoms with E-state index in [0.717, 1.165) is 28.3 Å². The Kier molecular flexibility index (Phi) is 3.74. The Hall–Kier alpha value is -2.37. The Bertz CT molecular complexity index is 642. The van der Waals surface area contributed by atoms with Crippen LogP contribution in [0.5, 0.6) is 0 Å². The number of nitro benzene ring substituents is 1. The summed E-state index contributed by atoms with van der Waals surface area (Å²) in [6, 6.07) is 3.39. The minimum Gasteiger partial charge on any atom is -0.381 e. The maximum Gasteiger partial charge on any atom is 0.272 e. The quantitative estimate of drug-likeness (QED) is 0.683. The van der Waals surface area contributed by atoms with Crippen LogP contribution >= 0.6 is 0 Å². The topological polar surface area (TPSA) is 81.2 Å². The standard InChI is InChI=1S/C14H17N3O3/c1-8-6-14(17(18)19)9(2)5-13(8)15-7-12-10(3)16-20-11(12)4/h5-6,15H,7H2,1-4H3. The number of nitrogens with zero attached hydrogens (tertiary/aromatic N) is 2. The number of hydrogen-bond acceptors (Lipinski definition) is 5. The first kappa shape index (κ1) is 14.0. The zero-order valence-electron chi connectivity index (χ0n) is 12.0. The van der Waals surface area contributed by atoms with Crippen LogP contribution in [0, 0.1) is 37.8 Å². The number of nitro groups is 1. The Morgan fingerprint density at radius 3 is 2.50 bits per heavy atom. The first-order chi connectivity index (χ1) is 9.40. The van der Waals surface area contributed by atoms with Gasteiger partial charge in [0.15, 0.2) is 0 Å². The number of aryl methyl sites for hydroxylation is 4. The Balaban J connectivity index is 2.23. The van der Waals surface area contributed by atoms with E-state index in [0.29, 0.717) is 12.1 Å². The van der Waals surface area contributed by atoms with Crippen molar-refractivity contribution in [3.63, 3.8) is 0 Å². The van der Waals surface area contributed by atoms with Crippen molar-refractivity contribution in [2.75, 3.05) is 5.32 Å². The molecule has 0 amide bonds. The predicted octanol–water partition coefficient (Wildman–Crippen LogP) is 3.43. The van der Waals surface area contributed by atoms with Gasteiger partial charge in [-0.2, -0.15) is 0 Å². The summed E-state index contributed by atoms with van der Waals surface area (Å²) in [6.07, 6.45) is 0. The number of benzene rings is 1. The number of anilines is 1. The molecule has 0 aliphatic rings. The molecule has 2 aromatic rings. The van der Waals surface area contributed by atoms with Crippen LogP contribution in [0.2, 0.25) is 0 Å². The Labute approximate surface area is 116 Å². The van der Waals surface area contributed by atoms with Crippen molar-refractivity contribution >= 4 is 11.4 Å². The number of aromatic nitrogens is 1. The lowest BCUT2D eigenvalue weighted by Gasteiger charge is -2.10. The normalized spacial score (nSPS) is 10.6. The predicted molar refractivity (Wildman–Crippen MR) is 75.9 cm³/mol. The molecule has 106 valence electrons. The molecule has 0 saturated carbocycles. The minimum absolute atomic E-state index is 0.144. The number of hydrogen-bond donors (Lipinski definition) is 1. The molecular weight excluding hydrogens is 258 g/mol. The molecule has 0 radical (unpaired) electrons. The van der Waals surface area contributed by atoms with Crippen molar-refractivity contribution in [3.8, 4) is 0 Å². The van der Waals surface area contributed by atoms with E-state index < -0.39 is 0 Å². The summed E-state index contributed by atoms with van der Waals surface area (Å²) in [5.74, 6) is 0.784. The maximum atomic E-state index is 10.9. The summed E-state index contributed by atoms with van der Waals surface area (Å²) in [5.41, 5.74) is 4.38. The average molecular weight is 275 g/mol. The smallest absolute Gasteiger partial charge is 0.272 e. The summed E-state index contributed by atoms with van der Waals surface area (Å²) < 4.78 is 5.11. The van der Waals surface area contributed by atoms with Gasteiger partial charge in [-0.05, 0) is 39.3 Å². The van der Waals surface area contributed by atoms with Crippen LogP contribution in [-0.2, 0) is 6.54 Å². The molecular formula is C14H17N3O3. The van der Waals surface area contributed by atoms with E-state index in [1.165, 1.54) is 0 Å². The van der Waals surface area contributed by atoms with E-state index in [1.54, 1.807) is 19.1 Å². The van der Waals surface area contributed by atoms with Crippen molar-refractivity contribution < 1.29 is 9.45 Å². The molecule has 6 nitrogen and oxygen atoms in total. The van der Waals surface area contributed by atoms with Crippen molar-refractivity contribution in [1.29, 1.82) is 0 Å². The van der Waals surface area contributed by atoms with Gasteiger partial charge < -0.3 is 9.84 Å². The summed E-state index contributed by atoms with van der Waals surface area (Å²) in [4.78, 5) is 10.5. The zero-order chi connectivity index (χ0) is 14.9. The molecule has 0 fully saturated rings. The van der Waals surface area contributed by atoms with Gasteiger partial charge in [-0.3, -0.25) is 10.1 Å². The summed E-state index contributed by atoms with van der Waals surface area (Å²) in [5, 5.41) is 18.1. The van der Waals surface area contributed by atoms with E-state index in [9.17, 15) is 10.1 Å². The van der Waals surface area contributed by atoms with Gasteiger partial charge in [0.05, 0.1) is 10.6 Å². The van der Waals surface area contributed by atoms with Gasteiger partial charge in [0, 0.05) is 29.4 Å². The first-order valence-electron chi connectivity index (χ1n) is 6.31. The van der Waals surface area contributed by atoms with Gasteiger partial charge in [-0.1, -0.05) is 5.16 Å². The highest BCUT2D eigenvalue weighted by Crippen LogP contribution is 2.26. The van der Waals surface area contributed by atoms with E-state index in [-0.39, 0.29) is 10.6 Å². The lowest BCUT2D eigenvalue weighted by atomic mass is 10.1. The van der Waals surface area contributed by atoms with Gasteiger partial charge in [0.1, 0.15) is 5.76 Å². The molecule has 0 saturated heterocycles. The molecule has 0 aliphatic carbocycles. The molecule has 1 heterocycles. The fraction of sp³-hybridized carbons (Fsp3) is 0.357. The SMILES string of the molecule is Cc1cc([N+](=O)[O-])c(C)cc1NCc1c(C)noc1C. The highest BCUT2D eigenvalue weighted by atomic mass is 16.6. The highest BCUT2D eigenvalue weighted by Gasteiger charge is 2.14. The third-order valence-corrected chi connectivity index (χ3v) is 3.38. The van der Waals surface area contributed by atoms with Crippen LogP contribution < -0.4 is 5.32 Å². The lowest BCUT2D eigenvalue weighted by Crippen LogP contribution is -2.04. The number of nitrogens with one attached hydrogen (secondary N) is 1. The molecule has 1 N–H and O–H groups in total. The average Bonchev–Trinajstić information content (AvgIpc) is 2.69. The molecule has 1 aromatic carbocycles. The van der Waals surface area contributed by atoms with Crippen LogP contribution in [0.1, 0.15) is 28.1 Å². The van der Waals surface area contributed by atoms with Crippen molar-refractivity contribution in [3.05, 3.63) is 50.4 Å². The molecule has 0 bridgehead atoms. The molecule has 0 spiro atoms. The van der Waals surface area contributed by atoms with Crippen molar-refractivity contribution in [2.45, 2.75) is 34.2 Å². The van der Waals surface area contributed by atoms with Gasteiger partial charge in [0.2, 0.25) is 0 Å². The lowest BCUT2D eigenvalue weighted by molar-refractivity contribution is -0.385. The van der Waals surface area contributed by atoms with Gasteiger partial charge >= 0.3 is 0 Å². The molecule has 0 unspecified atom stereocenters. The van der Waals surface area contributed by atoms with Gasteiger partial charge in [-0.15, -0.1) is 0 Å². The largest absolute Gasteiger partial charge is 0.381 e. The molecule has 0 atom stereocenters. The second-order valence-corrected chi connectivity index (χ2v) is 4.87. The van der Waals surface area contributed by atoms with Crippen molar-refractivity contribution in [1.82, 2.24) is 5.16 Å². The van der Waals surface area contributed by atoms with Crippen molar-refractivity contribution in [2.24, 2.45) is 0 Å². The van der Waals surface area contributed by atoms with Crippen LogP contribution in [0.15, 0.2) is 16.7 Å².